The van der Waals surface area contributed by atoms with Gasteiger partial charge in [-0.05, 0) is 36.2 Å². The number of amides is 1. The van der Waals surface area contributed by atoms with E-state index in [9.17, 15) is 9.18 Å². The maximum Gasteiger partial charge on any atom is 0.258 e. The van der Waals surface area contributed by atoms with Crippen molar-refractivity contribution in [2.24, 2.45) is 0 Å². The average molecular weight is 377 g/mol. The Balaban J connectivity index is 1.53. The first kappa shape index (κ1) is 18.7. The molecular formula is C20H22ClFN2O2. The Morgan fingerprint density at radius 2 is 1.88 bits per heavy atom. The predicted molar refractivity (Wildman–Crippen MR) is 100 cm³/mol. The van der Waals surface area contributed by atoms with Gasteiger partial charge >= 0.3 is 0 Å². The van der Waals surface area contributed by atoms with Crippen LogP contribution in [0.5, 0.6) is 5.75 Å². The van der Waals surface area contributed by atoms with Crippen LogP contribution in [0.15, 0.2) is 42.5 Å². The summed E-state index contributed by atoms with van der Waals surface area (Å²) in [5.74, 6) is -0.0387. The number of rotatable bonds is 5. The van der Waals surface area contributed by atoms with Crippen LogP contribution in [0.1, 0.15) is 15.9 Å². The number of benzene rings is 2. The van der Waals surface area contributed by atoms with Crippen molar-refractivity contribution >= 4 is 17.5 Å². The van der Waals surface area contributed by atoms with Crippen LogP contribution < -0.4 is 4.74 Å². The van der Waals surface area contributed by atoms with Crippen LogP contribution in [-0.2, 0) is 6.42 Å². The summed E-state index contributed by atoms with van der Waals surface area (Å²) in [6.07, 6.45) is 0.921. The number of carbonyl (C=O) groups excluding carboxylic acids is 1. The van der Waals surface area contributed by atoms with E-state index < -0.39 is 5.82 Å². The highest BCUT2D eigenvalue weighted by Crippen LogP contribution is 2.21. The zero-order valence-electron chi connectivity index (χ0n) is 14.8. The van der Waals surface area contributed by atoms with Gasteiger partial charge in [0.15, 0.2) is 0 Å². The monoisotopic (exact) mass is 376 g/mol. The van der Waals surface area contributed by atoms with Crippen molar-refractivity contribution in [3.8, 4) is 5.75 Å². The lowest BCUT2D eigenvalue weighted by molar-refractivity contribution is 0.0634. The van der Waals surface area contributed by atoms with Crippen molar-refractivity contribution in [3.05, 3.63) is 64.4 Å². The lowest BCUT2D eigenvalue weighted by atomic mass is 10.1. The molecule has 0 N–H and O–H groups in total. The molecule has 0 spiro atoms. The molecule has 0 saturated carbocycles. The van der Waals surface area contributed by atoms with E-state index >= 15 is 0 Å². The SMILES string of the molecule is COc1cccc(CCN2CCN(C(=O)c3c(F)cccc3Cl)CC2)c1. The van der Waals surface area contributed by atoms with Crippen LogP contribution in [0.3, 0.4) is 0 Å². The molecule has 0 bridgehead atoms. The highest BCUT2D eigenvalue weighted by molar-refractivity contribution is 6.33. The minimum absolute atomic E-state index is 0.0287. The van der Waals surface area contributed by atoms with Crippen LogP contribution in [-0.4, -0.2) is 55.5 Å². The Morgan fingerprint density at radius 3 is 2.58 bits per heavy atom. The molecular weight excluding hydrogens is 355 g/mol. The second kappa shape index (κ2) is 8.52. The molecule has 2 aromatic carbocycles. The minimum atomic E-state index is -0.567. The van der Waals surface area contributed by atoms with Gasteiger partial charge < -0.3 is 9.64 Å². The summed E-state index contributed by atoms with van der Waals surface area (Å²) in [7, 11) is 1.66. The third-order valence-corrected chi connectivity index (χ3v) is 5.00. The zero-order chi connectivity index (χ0) is 18.5. The van der Waals surface area contributed by atoms with Crippen LogP contribution in [0.2, 0.25) is 5.02 Å². The van der Waals surface area contributed by atoms with Gasteiger partial charge in [-0.25, -0.2) is 4.39 Å². The predicted octanol–water partition coefficient (Wildman–Crippen LogP) is 3.49. The topological polar surface area (TPSA) is 32.8 Å². The fraction of sp³-hybridized carbons (Fsp3) is 0.350. The summed E-state index contributed by atoms with van der Waals surface area (Å²) >= 11 is 6.01. The molecule has 4 nitrogen and oxygen atoms in total. The Labute approximate surface area is 158 Å². The number of ether oxygens (including phenoxy) is 1. The molecule has 6 heteroatoms. The quantitative estimate of drug-likeness (QED) is 0.800. The zero-order valence-corrected chi connectivity index (χ0v) is 15.5. The van der Waals surface area contributed by atoms with E-state index in [0.717, 1.165) is 31.8 Å². The summed E-state index contributed by atoms with van der Waals surface area (Å²) in [4.78, 5) is 16.6. The van der Waals surface area contributed by atoms with Crippen molar-refractivity contribution < 1.29 is 13.9 Å². The van der Waals surface area contributed by atoms with E-state index in [1.807, 2.05) is 18.2 Å². The molecule has 1 amide bonds. The van der Waals surface area contributed by atoms with Gasteiger partial charge in [-0.15, -0.1) is 0 Å². The van der Waals surface area contributed by atoms with Gasteiger partial charge in [0.1, 0.15) is 11.6 Å². The molecule has 0 radical (unpaired) electrons. The maximum absolute atomic E-state index is 14.0. The largest absolute Gasteiger partial charge is 0.497 e. The second-order valence-electron chi connectivity index (χ2n) is 6.33. The highest BCUT2D eigenvalue weighted by Gasteiger charge is 2.25. The number of halogens is 2. The van der Waals surface area contributed by atoms with Gasteiger partial charge in [-0.3, -0.25) is 9.69 Å². The molecule has 1 fully saturated rings. The van der Waals surface area contributed by atoms with E-state index in [0.29, 0.717) is 13.1 Å². The van der Waals surface area contributed by atoms with Crippen molar-refractivity contribution in [2.45, 2.75) is 6.42 Å². The van der Waals surface area contributed by atoms with Crippen LogP contribution in [0.4, 0.5) is 4.39 Å². The first-order valence-corrected chi connectivity index (χ1v) is 9.05. The van der Waals surface area contributed by atoms with Crippen molar-refractivity contribution in [1.29, 1.82) is 0 Å². The third kappa shape index (κ3) is 4.34. The first-order valence-electron chi connectivity index (χ1n) is 8.67. The Morgan fingerprint density at radius 1 is 1.15 bits per heavy atom. The van der Waals surface area contributed by atoms with Crippen molar-refractivity contribution in [2.75, 3.05) is 39.8 Å². The molecule has 1 heterocycles. The summed E-state index contributed by atoms with van der Waals surface area (Å²) in [6.45, 7) is 3.59. The molecule has 3 rings (SSSR count). The number of methoxy groups -OCH3 is 1. The van der Waals surface area contributed by atoms with Crippen LogP contribution >= 0.6 is 11.6 Å². The number of piperazine rings is 1. The molecule has 138 valence electrons. The Bertz CT molecular complexity index is 756. The summed E-state index contributed by atoms with van der Waals surface area (Å²) in [5.41, 5.74) is 1.19. The third-order valence-electron chi connectivity index (χ3n) is 4.69. The van der Waals surface area contributed by atoms with Crippen LogP contribution in [0, 0.1) is 5.82 Å². The van der Waals surface area contributed by atoms with E-state index in [4.69, 9.17) is 16.3 Å². The lowest BCUT2D eigenvalue weighted by Gasteiger charge is -2.35. The van der Waals surface area contributed by atoms with Gasteiger partial charge in [-0.2, -0.15) is 0 Å². The molecule has 0 unspecified atom stereocenters. The van der Waals surface area contributed by atoms with Crippen molar-refractivity contribution in [3.63, 3.8) is 0 Å². The van der Waals surface area contributed by atoms with E-state index in [-0.39, 0.29) is 16.5 Å². The normalized spacial score (nSPS) is 15.1. The smallest absolute Gasteiger partial charge is 0.258 e. The summed E-state index contributed by atoms with van der Waals surface area (Å²) < 4.78 is 19.2. The second-order valence-corrected chi connectivity index (χ2v) is 6.74. The number of nitrogens with zero attached hydrogens (tertiary/aromatic N) is 2. The molecule has 0 aromatic heterocycles. The fourth-order valence-electron chi connectivity index (χ4n) is 3.15. The van der Waals surface area contributed by atoms with Crippen LogP contribution in [0.25, 0.3) is 0 Å². The van der Waals surface area contributed by atoms with Crippen molar-refractivity contribution in [1.82, 2.24) is 9.80 Å². The summed E-state index contributed by atoms with van der Waals surface area (Å²) in [6, 6.07) is 12.4. The highest BCUT2D eigenvalue weighted by atomic mass is 35.5. The maximum atomic E-state index is 14.0. The number of hydrogen-bond acceptors (Lipinski definition) is 3. The first-order chi connectivity index (χ1) is 12.6. The number of hydrogen-bond donors (Lipinski definition) is 0. The molecule has 0 atom stereocenters. The van der Waals surface area contributed by atoms with E-state index in [1.165, 1.54) is 17.7 Å². The van der Waals surface area contributed by atoms with Gasteiger partial charge in [-0.1, -0.05) is 29.8 Å². The molecule has 1 aliphatic rings. The van der Waals surface area contributed by atoms with E-state index in [1.54, 1.807) is 18.1 Å². The molecule has 1 saturated heterocycles. The molecule has 26 heavy (non-hydrogen) atoms. The molecule has 2 aromatic rings. The van der Waals surface area contributed by atoms with Gasteiger partial charge in [0.2, 0.25) is 0 Å². The standard InChI is InChI=1S/C20H22ClFN2O2/c1-26-16-5-2-4-15(14-16)8-9-23-10-12-24(13-11-23)20(25)19-17(21)6-3-7-18(19)22/h2-7,14H,8-13H2,1H3. The number of carbonyl (C=O) groups is 1. The molecule has 0 aliphatic carbocycles. The Hall–Kier alpha value is -2.11. The average Bonchev–Trinajstić information content (AvgIpc) is 2.66. The Kier molecular flexibility index (Phi) is 6.12. The lowest BCUT2D eigenvalue weighted by Crippen LogP contribution is -2.49. The molecule has 1 aliphatic heterocycles. The van der Waals surface area contributed by atoms with Gasteiger partial charge in [0, 0.05) is 32.7 Å². The van der Waals surface area contributed by atoms with Gasteiger partial charge in [0.05, 0.1) is 17.7 Å². The van der Waals surface area contributed by atoms with E-state index in [2.05, 4.69) is 11.0 Å². The summed E-state index contributed by atoms with van der Waals surface area (Å²) in [5, 5.41) is 0.162. The minimum Gasteiger partial charge on any atom is -0.497 e. The fourth-order valence-corrected chi connectivity index (χ4v) is 3.39. The van der Waals surface area contributed by atoms with Gasteiger partial charge in [0.25, 0.3) is 5.91 Å².